The SMILES string of the molecule is C=C1C=C(C)N(C2CCC2)N1. The Balaban J connectivity index is 2.05. The van der Waals surface area contributed by atoms with E-state index in [1.54, 1.807) is 0 Å². The zero-order valence-electron chi connectivity index (χ0n) is 6.93. The van der Waals surface area contributed by atoms with Crippen LogP contribution in [0.4, 0.5) is 0 Å². The van der Waals surface area contributed by atoms with Gasteiger partial charge in [-0.15, -0.1) is 0 Å². The third-order valence-electron chi connectivity index (χ3n) is 2.47. The quantitative estimate of drug-likeness (QED) is 0.613. The van der Waals surface area contributed by atoms with Crippen molar-refractivity contribution in [1.82, 2.24) is 10.4 Å². The van der Waals surface area contributed by atoms with E-state index in [4.69, 9.17) is 0 Å². The molecule has 2 nitrogen and oxygen atoms in total. The standard InChI is InChI=1S/C9H14N2/c1-7-6-8(2)11(10-7)9-4-3-5-9/h6,9-10H,1,3-5H2,2H3. The van der Waals surface area contributed by atoms with E-state index in [-0.39, 0.29) is 0 Å². The minimum Gasteiger partial charge on any atom is -0.299 e. The van der Waals surface area contributed by atoms with Crippen LogP contribution in [0.3, 0.4) is 0 Å². The first-order chi connectivity index (χ1) is 5.27. The molecule has 0 spiro atoms. The molecule has 1 heterocycles. The molecule has 11 heavy (non-hydrogen) atoms. The van der Waals surface area contributed by atoms with E-state index >= 15 is 0 Å². The van der Waals surface area contributed by atoms with Crippen molar-refractivity contribution in [3.8, 4) is 0 Å². The molecule has 0 aromatic heterocycles. The summed E-state index contributed by atoms with van der Waals surface area (Å²) in [6.45, 7) is 5.99. The summed E-state index contributed by atoms with van der Waals surface area (Å²) in [6, 6.07) is 0.727. The molecule has 0 saturated heterocycles. The molecule has 0 atom stereocenters. The van der Waals surface area contributed by atoms with Crippen LogP contribution < -0.4 is 5.43 Å². The maximum atomic E-state index is 3.87. The molecule has 2 heteroatoms. The van der Waals surface area contributed by atoms with Gasteiger partial charge < -0.3 is 0 Å². The molecule has 0 radical (unpaired) electrons. The van der Waals surface area contributed by atoms with E-state index in [9.17, 15) is 0 Å². The highest BCUT2D eigenvalue weighted by Gasteiger charge is 2.27. The van der Waals surface area contributed by atoms with Gasteiger partial charge in [0.2, 0.25) is 0 Å². The normalized spacial score (nSPS) is 24.6. The van der Waals surface area contributed by atoms with E-state index in [1.165, 1.54) is 25.0 Å². The molecule has 1 fully saturated rings. The lowest BCUT2D eigenvalue weighted by Crippen LogP contribution is -2.43. The third-order valence-corrected chi connectivity index (χ3v) is 2.47. The average Bonchev–Trinajstić information content (AvgIpc) is 2.07. The Morgan fingerprint density at radius 2 is 2.36 bits per heavy atom. The first-order valence-electron chi connectivity index (χ1n) is 4.20. The van der Waals surface area contributed by atoms with E-state index < -0.39 is 0 Å². The third kappa shape index (κ3) is 1.02. The number of allylic oxidation sites excluding steroid dienone is 2. The van der Waals surface area contributed by atoms with Crippen molar-refractivity contribution in [1.29, 1.82) is 0 Å². The van der Waals surface area contributed by atoms with Crippen LogP contribution in [0.1, 0.15) is 26.2 Å². The van der Waals surface area contributed by atoms with Crippen LogP contribution in [0.2, 0.25) is 0 Å². The number of rotatable bonds is 1. The number of nitrogens with zero attached hydrogens (tertiary/aromatic N) is 1. The van der Waals surface area contributed by atoms with Crippen molar-refractivity contribution in [2.24, 2.45) is 0 Å². The zero-order chi connectivity index (χ0) is 7.84. The second kappa shape index (κ2) is 2.29. The number of hydrogen-bond donors (Lipinski definition) is 1. The summed E-state index contributed by atoms with van der Waals surface area (Å²) in [4.78, 5) is 0. The van der Waals surface area contributed by atoms with Crippen LogP contribution in [0, 0.1) is 0 Å². The number of hydrogen-bond acceptors (Lipinski definition) is 2. The predicted octanol–water partition coefficient (Wildman–Crippen LogP) is 1.78. The molecule has 1 saturated carbocycles. The lowest BCUT2D eigenvalue weighted by atomic mass is 9.92. The van der Waals surface area contributed by atoms with Crippen LogP contribution >= 0.6 is 0 Å². The second-order valence-electron chi connectivity index (χ2n) is 3.38. The number of hydrazine groups is 1. The van der Waals surface area contributed by atoms with E-state index in [1.807, 2.05) is 0 Å². The summed E-state index contributed by atoms with van der Waals surface area (Å²) in [5.74, 6) is 0. The van der Waals surface area contributed by atoms with Gasteiger partial charge in [0.05, 0.1) is 6.04 Å². The van der Waals surface area contributed by atoms with Gasteiger partial charge in [-0.3, -0.25) is 10.4 Å². The minimum atomic E-state index is 0.727. The summed E-state index contributed by atoms with van der Waals surface area (Å²) < 4.78 is 0. The van der Waals surface area contributed by atoms with Gasteiger partial charge in [0.25, 0.3) is 0 Å². The number of nitrogens with one attached hydrogen (secondary N) is 1. The average molecular weight is 150 g/mol. The maximum absolute atomic E-state index is 3.87. The summed E-state index contributed by atoms with van der Waals surface area (Å²) in [5, 5.41) is 2.24. The topological polar surface area (TPSA) is 15.3 Å². The molecule has 0 amide bonds. The van der Waals surface area contributed by atoms with E-state index in [2.05, 4.69) is 30.0 Å². The Bertz CT molecular complexity index is 214. The summed E-state index contributed by atoms with van der Waals surface area (Å²) in [6.07, 6.45) is 6.12. The Hall–Kier alpha value is -0.920. The molecule has 0 aromatic rings. The van der Waals surface area contributed by atoms with Gasteiger partial charge in [0.15, 0.2) is 0 Å². The fourth-order valence-corrected chi connectivity index (χ4v) is 1.62. The van der Waals surface area contributed by atoms with E-state index in [0.29, 0.717) is 0 Å². The van der Waals surface area contributed by atoms with Gasteiger partial charge in [-0.1, -0.05) is 6.58 Å². The maximum Gasteiger partial charge on any atom is 0.0500 e. The predicted molar refractivity (Wildman–Crippen MR) is 45.5 cm³/mol. The summed E-state index contributed by atoms with van der Waals surface area (Å²) in [5.41, 5.74) is 5.58. The van der Waals surface area contributed by atoms with Gasteiger partial charge in [0, 0.05) is 11.4 Å². The zero-order valence-corrected chi connectivity index (χ0v) is 6.93. The van der Waals surface area contributed by atoms with Gasteiger partial charge in [0.1, 0.15) is 0 Å². The first-order valence-corrected chi connectivity index (χ1v) is 4.20. The highest BCUT2D eigenvalue weighted by Crippen LogP contribution is 2.28. The van der Waals surface area contributed by atoms with Crippen molar-refractivity contribution in [2.75, 3.05) is 0 Å². The molecule has 0 bridgehead atoms. The highest BCUT2D eigenvalue weighted by atomic mass is 15.5. The van der Waals surface area contributed by atoms with Gasteiger partial charge >= 0.3 is 0 Å². The van der Waals surface area contributed by atoms with Gasteiger partial charge in [-0.25, -0.2) is 0 Å². The Labute approximate surface area is 67.5 Å². The molecule has 1 aliphatic heterocycles. The Morgan fingerprint density at radius 3 is 2.73 bits per heavy atom. The fourth-order valence-electron chi connectivity index (χ4n) is 1.62. The second-order valence-corrected chi connectivity index (χ2v) is 3.38. The van der Waals surface area contributed by atoms with Crippen molar-refractivity contribution in [3.63, 3.8) is 0 Å². The molecule has 2 aliphatic rings. The molecular formula is C9H14N2. The lowest BCUT2D eigenvalue weighted by molar-refractivity contribution is 0.139. The largest absolute Gasteiger partial charge is 0.299 e. The van der Waals surface area contributed by atoms with Crippen molar-refractivity contribution in [3.05, 3.63) is 24.0 Å². The van der Waals surface area contributed by atoms with Crippen LogP contribution in [-0.2, 0) is 0 Å². The Kier molecular flexibility index (Phi) is 1.41. The molecule has 1 aliphatic carbocycles. The first kappa shape index (κ1) is 6.77. The fraction of sp³-hybridized carbons (Fsp3) is 0.556. The Morgan fingerprint density at radius 1 is 1.64 bits per heavy atom. The smallest absolute Gasteiger partial charge is 0.0500 e. The molecule has 1 N–H and O–H groups in total. The van der Waals surface area contributed by atoms with Crippen molar-refractivity contribution in [2.45, 2.75) is 32.2 Å². The van der Waals surface area contributed by atoms with Crippen LogP contribution in [0.5, 0.6) is 0 Å². The van der Waals surface area contributed by atoms with Crippen molar-refractivity contribution >= 4 is 0 Å². The minimum absolute atomic E-state index is 0.727. The van der Waals surface area contributed by atoms with Crippen LogP contribution in [-0.4, -0.2) is 11.1 Å². The summed E-state index contributed by atoms with van der Waals surface area (Å²) >= 11 is 0. The highest BCUT2D eigenvalue weighted by molar-refractivity contribution is 5.23. The molecule has 0 aromatic carbocycles. The summed E-state index contributed by atoms with van der Waals surface area (Å²) in [7, 11) is 0. The van der Waals surface area contributed by atoms with Crippen molar-refractivity contribution < 1.29 is 0 Å². The van der Waals surface area contributed by atoms with Gasteiger partial charge in [-0.05, 0) is 32.3 Å². The monoisotopic (exact) mass is 150 g/mol. The molecular weight excluding hydrogens is 136 g/mol. The molecule has 0 unspecified atom stereocenters. The van der Waals surface area contributed by atoms with Crippen LogP contribution in [0.15, 0.2) is 24.0 Å². The van der Waals surface area contributed by atoms with Crippen LogP contribution in [0.25, 0.3) is 0 Å². The lowest BCUT2D eigenvalue weighted by Gasteiger charge is -2.36. The molecule has 60 valence electrons. The van der Waals surface area contributed by atoms with Gasteiger partial charge in [-0.2, -0.15) is 0 Å². The van der Waals surface area contributed by atoms with E-state index in [0.717, 1.165) is 11.7 Å². The molecule has 2 rings (SSSR count).